The van der Waals surface area contributed by atoms with Crippen LogP contribution in [0.1, 0.15) is 81.6 Å². The standard InChI is InChI=1S/C33H44N6O4/c1-19-26(22-8-9-23-18-39(13-10-21(23)16-22)24-17-25(40)37-31(34)36-24)28(38-14-11-33(6,7)12-15-38)27(20(2)35-19)29(30(41)42)43-32(3,4)5/h8-9,16-17,29H,10-15,18H2,1-7H3,(H,41,42)(H3,34,36,37,40)/t29-/m0/s1. The molecule has 230 valence electrons. The van der Waals surface area contributed by atoms with Crippen molar-refractivity contribution in [2.24, 2.45) is 5.41 Å². The van der Waals surface area contributed by atoms with Crippen LogP contribution in [0, 0.1) is 19.3 Å². The molecule has 0 radical (unpaired) electrons. The Kier molecular flexibility index (Phi) is 8.02. The lowest BCUT2D eigenvalue weighted by atomic mass is 9.81. The lowest BCUT2D eigenvalue weighted by Gasteiger charge is -2.41. The number of aryl methyl sites for hydroxylation is 2. The zero-order valence-electron chi connectivity index (χ0n) is 26.4. The fraction of sp³-hybridized carbons (Fsp3) is 0.515. The van der Waals surface area contributed by atoms with Crippen LogP contribution in [0.4, 0.5) is 17.5 Å². The molecule has 4 heterocycles. The van der Waals surface area contributed by atoms with Gasteiger partial charge in [0.25, 0.3) is 5.56 Å². The van der Waals surface area contributed by atoms with Crippen LogP contribution in [0.15, 0.2) is 29.1 Å². The van der Waals surface area contributed by atoms with Gasteiger partial charge in [-0.2, -0.15) is 4.98 Å². The Morgan fingerprint density at radius 3 is 2.37 bits per heavy atom. The van der Waals surface area contributed by atoms with E-state index in [2.05, 4.69) is 51.8 Å². The number of aromatic amines is 1. The summed E-state index contributed by atoms with van der Waals surface area (Å²) in [6.07, 6.45) is 1.62. The lowest BCUT2D eigenvalue weighted by Crippen LogP contribution is -2.39. The third-order valence-corrected chi connectivity index (χ3v) is 8.55. The molecule has 0 unspecified atom stereocenters. The third-order valence-electron chi connectivity index (χ3n) is 8.55. The number of aromatic nitrogens is 3. The van der Waals surface area contributed by atoms with Crippen molar-refractivity contribution in [2.75, 3.05) is 35.2 Å². The van der Waals surface area contributed by atoms with Crippen LogP contribution in [0.2, 0.25) is 0 Å². The number of nitrogens with two attached hydrogens (primary N) is 1. The molecule has 5 rings (SSSR count). The Labute approximate surface area is 253 Å². The molecule has 0 aliphatic carbocycles. The van der Waals surface area contributed by atoms with E-state index < -0.39 is 17.7 Å². The van der Waals surface area contributed by atoms with Crippen molar-refractivity contribution in [3.63, 3.8) is 0 Å². The van der Waals surface area contributed by atoms with E-state index in [9.17, 15) is 14.7 Å². The number of fused-ring (bicyclic) bond motifs is 1. The first-order valence-corrected chi connectivity index (χ1v) is 15.0. The second-order valence-corrected chi connectivity index (χ2v) is 13.7. The number of rotatable bonds is 6. The Morgan fingerprint density at radius 2 is 1.74 bits per heavy atom. The predicted molar refractivity (Wildman–Crippen MR) is 170 cm³/mol. The molecule has 0 spiro atoms. The molecule has 2 aromatic heterocycles. The number of pyridine rings is 1. The zero-order chi connectivity index (χ0) is 31.3. The van der Waals surface area contributed by atoms with Gasteiger partial charge in [0.1, 0.15) is 5.82 Å². The number of benzene rings is 1. The first-order chi connectivity index (χ1) is 20.1. The largest absolute Gasteiger partial charge is 0.479 e. The van der Waals surface area contributed by atoms with E-state index in [1.165, 1.54) is 11.6 Å². The quantitative estimate of drug-likeness (QED) is 0.356. The van der Waals surface area contributed by atoms with E-state index in [0.29, 0.717) is 30.2 Å². The van der Waals surface area contributed by atoms with Gasteiger partial charge in [0.15, 0.2) is 6.10 Å². The number of carboxylic acids is 1. The van der Waals surface area contributed by atoms with Gasteiger partial charge in [-0.05, 0) is 76.0 Å². The molecule has 1 fully saturated rings. The molecule has 1 saturated heterocycles. The van der Waals surface area contributed by atoms with Crippen molar-refractivity contribution in [3.8, 4) is 11.1 Å². The zero-order valence-corrected chi connectivity index (χ0v) is 26.4. The average molecular weight is 589 g/mol. The number of anilines is 3. The van der Waals surface area contributed by atoms with Crippen LogP contribution >= 0.6 is 0 Å². The Bertz CT molecular complexity index is 1600. The van der Waals surface area contributed by atoms with Crippen molar-refractivity contribution < 1.29 is 14.6 Å². The summed E-state index contributed by atoms with van der Waals surface area (Å²) in [4.78, 5) is 40.9. The first kappa shape index (κ1) is 30.5. The molecule has 0 saturated carbocycles. The maximum atomic E-state index is 12.8. The summed E-state index contributed by atoms with van der Waals surface area (Å²) in [5.74, 6) is -0.355. The van der Waals surface area contributed by atoms with Crippen molar-refractivity contribution in [2.45, 2.75) is 86.0 Å². The third kappa shape index (κ3) is 6.54. The minimum Gasteiger partial charge on any atom is -0.479 e. The summed E-state index contributed by atoms with van der Waals surface area (Å²) in [5.41, 5.74) is 12.5. The Hall–Kier alpha value is -3.92. The van der Waals surface area contributed by atoms with E-state index in [-0.39, 0.29) is 16.9 Å². The molecule has 1 atom stereocenters. The molecular formula is C33H44N6O4. The van der Waals surface area contributed by atoms with Gasteiger partial charge in [-0.15, -0.1) is 0 Å². The van der Waals surface area contributed by atoms with Crippen LogP contribution in [-0.2, 0) is 22.5 Å². The topological polar surface area (TPSA) is 138 Å². The highest BCUT2D eigenvalue weighted by molar-refractivity contribution is 5.88. The average Bonchev–Trinajstić information content (AvgIpc) is 2.90. The maximum absolute atomic E-state index is 12.8. The van der Waals surface area contributed by atoms with Gasteiger partial charge in [-0.3, -0.25) is 14.8 Å². The highest BCUT2D eigenvalue weighted by Gasteiger charge is 2.36. The molecule has 43 heavy (non-hydrogen) atoms. The second-order valence-electron chi connectivity index (χ2n) is 13.7. The molecule has 2 aliphatic rings. The van der Waals surface area contributed by atoms with E-state index in [0.717, 1.165) is 60.4 Å². The van der Waals surface area contributed by atoms with Crippen LogP contribution in [0.25, 0.3) is 11.1 Å². The molecule has 10 heteroatoms. The lowest BCUT2D eigenvalue weighted by molar-refractivity contribution is -0.160. The van der Waals surface area contributed by atoms with Crippen molar-refractivity contribution in [3.05, 3.63) is 62.7 Å². The number of nitrogens with one attached hydrogen (secondary N) is 1. The molecule has 0 amide bonds. The van der Waals surface area contributed by atoms with Gasteiger partial charge in [-0.25, -0.2) is 4.79 Å². The number of piperidine rings is 1. The maximum Gasteiger partial charge on any atom is 0.337 e. The van der Waals surface area contributed by atoms with Crippen LogP contribution in [0.5, 0.6) is 0 Å². The molecule has 0 bridgehead atoms. The van der Waals surface area contributed by atoms with Gasteiger partial charge in [0.2, 0.25) is 5.95 Å². The molecule has 1 aromatic carbocycles. The summed E-state index contributed by atoms with van der Waals surface area (Å²) in [6.45, 7) is 17.1. The van der Waals surface area contributed by atoms with Crippen LogP contribution in [-0.4, -0.2) is 51.3 Å². The van der Waals surface area contributed by atoms with E-state index in [1.807, 2.05) is 34.6 Å². The SMILES string of the molecule is Cc1nc(C)c([C@H](OC(C)(C)C)C(=O)O)c(N2CCC(C)(C)CC2)c1-c1ccc2c(c1)CCN(c1cc(=O)[nH]c(N)n1)C2. The van der Waals surface area contributed by atoms with Gasteiger partial charge in [0.05, 0.1) is 11.3 Å². The normalized spacial score (nSPS) is 17.5. The number of aliphatic carboxylic acids is 1. The second kappa shape index (κ2) is 11.3. The molecule has 4 N–H and O–H groups in total. The number of hydrogen-bond acceptors (Lipinski definition) is 8. The Morgan fingerprint density at radius 1 is 1.05 bits per heavy atom. The smallest absolute Gasteiger partial charge is 0.337 e. The molecule has 10 nitrogen and oxygen atoms in total. The number of H-pyrrole nitrogens is 1. The minimum absolute atomic E-state index is 0.102. The molecule has 2 aliphatic heterocycles. The van der Waals surface area contributed by atoms with Gasteiger partial charge >= 0.3 is 5.97 Å². The van der Waals surface area contributed by atoms with Crippen molar-refractivity contribution >= 4 is 23.4 Å². The minimum atomic E-state index is -1.16. The number of nitrogen functional groups attached to an aromatic ring is 1. The van der Waals surface area contributed by atoms with Crippen molar-refractivity contribution in [1.29, 1.82) is 0 Å². The summed E-state index contributed by atoms with van der Waals surface area (Å²) in [5, 5.41) is 10.5. The predicted octanol–water partition coefficient (Wildman–Crippen LogP) is 5.16. The monoisotopic (exact) mass is 588 g/mol. The van der Waals surface area contributed by atoms with E-state index in [1.54, 1.807) is 0 Å². The van der Waals surface area contributed by atoms with Gasteiger partial charge in [0, 0.05) is 54.8 Å². The summed E-state index contributed by atoms with van der Waals surface area (Å²) in [7, 11) is 0. The van der Waals surface area contributed by atoms with E-state index in [4.69, 9.17) is 15.5 Å². The number of ether oxygens (including phenoxy) is 1. The highest BCUT2D eigenvalue weighted by atomic mass is 16.5. The number of carbonyl (C=O) groups is 1. The Balaban J connectivity index is 1.62. The number of nitrogens with zero attached hydrogens (tertiary/aromatic N) is 4. The highest BCUT2D eigenvalue weighted by Crippen LogP contribution is 2.45. The number of carboxylic acid groups (broad SMARTS) is 1. The van der Waals surface area contributed by atoms with Crippen LogP contribution < -0.4 is 21.1 Å². The summed E-state index contributed by atoms with van der Waals surface area (Å²) >= 11 is 0. The van der Waals surface area contributed by atoms with Gasteiger partial charge < -0.3 is 25.4 Å². The van der Waals surface area contributed by atoms with E-state index >= 15 is 0 Å². The van der Waals surface area contributed by atoms with Gasteiger partial charge in [-0.1, -0.05) is 32.0 Å². The summed E-state index contributed by atoms with van der Waals surface area (Å²) < 4.78 is 6.22. The fourth-order valence-electron chi connectivity index (χ4n) is 6.28. The van der Waals surface area contributed by atoms with Crippen molar-refractivity contribution in [1.82, 2.24) is 15.0 Å². The molecular weight excluding hydrogens is 544 g/mol. The fourth-order valence-corrected chi connectivity index (χ4v) is 6.28. The first-order valence-electron chi connectivity index (χ1n) is 15.0. The summed E-state index contributed by atoms with van der Waals surface area (Å²) in [6, 6.07) is 7.91. The van der Waals surface area contributed by atoms with Crippen LogP contribution in [0.3, 0.4) is 0 Å². The number of hydrogen-bond donors (Lipinski definition) is 3. The molecule has 3 aromatic rings.